The molecule has 2 amide bonds. The molecule has 2 rings (SSSR count). The molecule has 0 aliphatic carbocycles. The predicted molar refractivity (Wildman–Crippen MR) is 121 cm³/mol. The molecule has 0 fully saturated rings. The van der Waals surface area contributed by atoms with Crippen LogP contribution in [-0.4, -0.2) is 36.0 Å². The lowest BCUT2D eigenvalue weighted by atomic mass is 10.0. The number of anilines is 1. The number of thiophene rings is 1. The molecule has 1 heterocycles. The third-order valence-corrected chi connectivity index (χ3v) is 4.71. The Morgan fingerprint density at radius 2 is 1.56 bits per heavy atom. The average Bonchev–Trinajstić information content (AvgIpc) is 3.03. The van der Waals surface area contributed by atoms with Gasteiger partial charge in [0.1, 0.15) is 27.6 Å². The van der Waals surface area contributed by atoms with E-state index in [1.165, 1.54) is 18.2 Å². The van der Waals surface area contributed by atoms with Crippen LogP contribution in [0.2, 0.25) is 0 Å². The van der Waals surface area contributed by atoms with Crippen molar-refractivity contribution >= 4 is 34.5 Å². The first kappa shape index (κ1) is 25.3. The maximum Gasteiger partial charge on any atom is 0.425 e. The number of rotatable bonds is 4. The molecule has 2 aromatic rings. The van der Waals surface area contributed by atoms with E-state index in [0.29, 0.717) is 16.0 Å². The van der Waals surface area contributed by atoms with Gasteiger partial charge in [-0.2, -0.15) is 4.90 Å². The maximum absolute atomic E-state index is 13.9. The molecule has 0 spiro atoms. The molecule has 7 nitrogen and oxygen atoms in total. The molecule has 0 saturated carbocycles. The molecule has 0 N–H and O–H groups in total. The van der Waals surface area contributed by atoms with Crippen molar-refractivity contribution < 1.29 is 33.0 Å². The summed E-state index contributed by atoms with van der Waals surface area (Å²) in [6, 6.07) is 5.63. The van der Waals surface area contributed by atoms with Crippen LogP contribution in [0.5, 0.6) is 0 Å². The minimum Gasteiger partial charge on any atom is -0.462 e. The molecular weight excluding hydrogens is 437 g/mol. The summed E-state index contributed by atoms with van der Waals surface area (Å²) in [5.41, 5.74) is -1.17. The fraction of sp³-hybridized carbons (Fsp3) is 0.435. The number of carbonyl (C=O) groups is 3. The largest absolute Gasteiger partial charge is 0.462 e. The van der Waals surface area contributed by atoms with Gasteiger partial charge in [0, 0.05) is 10.9 Å². The average molecular weight is 466 g/mol. The van der Waals surface area contributed by atoms with Gasteiger partial charge in [-0.05, 0) is 66.2 Å². The number of carbonyl (C=O) groups excluding carboxylic acids is 3. The van der Waals surface area contributed by atoms with E-state index < -0.39 is 35.2 Å². The van der Waals surface area contributed by atoms with E-state index in [2.05, 4.69) is 0 Å². The van der Waals surface area contributed by atoms with Gasteiger partial charge in [0.2, 0.25) is 0 Å². The minimum absolute atomic E-state index is 0.0359. The van der Waals surface area contributed by atoms with Gasteiger partial charge in [-0.1, -0.05) is 12.1 Å². The Balaban J connectivity index is 2.69. The van der Waals surface area contributed by atoms with Crippen molar-refractivity contribution in [3.63, 3.8) is 0 Å². The van der Waals surface area contributed by atoms with Crippen molar-refractivity contribution in [1.82, 2.24) is 0 Å². The maximum atomic E-state index is 13.9. The molecule has 0 saturated heterocycles. The molecule has 0 atom stereocenters. The normalized spacial score (nSPS) is 11.6. The quantitative estimate of drug-likeness (QED) is 0.383. The van der Waals surface area contributed by atoms with Crippen LogP contribution in [0.4, 0.5) is 19.0 Å². The number of nitrogens with zero attached hydrogens (tertiary/aromatic N) is 1. The summed E-state index contributed by atoms with van der Waals surface area (Å²) in [4.78, 5) is 39.6. The Morgan fingerprint density at radius 1 is 1.00 bits per heavy atom. The first-order valence-corrected chi connectivity index (χ1v) is 10.9. The summed E-state index contributed by atoms with van der Waals surface area (Å²) in [5.74, 6) is -1.26. The summed E-state index contributed by atoms with van der Waals surface area (Å²) in [7, 11) is 0. The van der Waals surface area contributed by atoms with Crippen LogP contribution in [0.1, 0.15) is 58.8 Å². The van der Waals surface area contributed by atoms with Crippen LogP contribution in [0, 0.1) is 5.82 Å². The molecule has 9 heteroatoms. The van der Waals surface area contributed by atoms with E-state index in [9.17, 15) is 18.8 Å². The number of hydrogen-bond donors (Lipinski definition) is 0. The molecule has 0 aliphatic heterocycles. The molecule has 174 valence electrons. The molecule has 32 heavy (non-hydrogen) atoms. The van der Waals surface area contributed by atoms with E-state index in [4.69, 9.17) is 14.2 Å². The lowest BCUT2D eigenvalue weighted by Gasteiger charge is -2.28. The van der Waals surface area contributed by atoms with Gasteiger partial charge in [-0.3, -0.25) is 0 Å². The lowest BCUT2D eigenvalue weighted by Crippen LogP contribution is -2.44. The highest BCUT2D eigenvalue weighted by molar-refractivity contribution is 7.15. The molecule has 0 aliphatic rings. The van der Waals surface area contributed by atoms with Crippen LogP contribution in [-0.2, 0) is 14.2 Å². The van der Waals surface area contributed by atoms with Crippen molar-refractivity contribution in [3.05, 3.63) is 41.0 Å². The number of amides is 2. The topological polar surface area (TPSA) is 82.1 Å². The van der Waals surface area contributed by atoms with Gasteiger partial charge < -0.3 is 14.2 Å². The van der Waals surface area contributed by atoms with Crippen LogP contribution >= 0.6 is 11.3 Å². The molecule has 1 aromatic heterocycles. The zero-order chi connectivity index (χ0) is 24.3. The second-order valence-corrected chi connectivity index (χ2v) is 9.71. The van der Waals surface area contributed by atoms with E-state index in [1.54, 1.807) is 59.9 Å². The fourth-order valence-corrected chi connectivity index (χ4v) is 3.69. The predicted octanol–water partition coefficient (Wildman–Crippen LogP) is 6.41. The summed E-state index contributed by atoms with van der Waals surface area (Å²) >= 11 is 0.949. The van der Waals surface area contributed by atoms with Crippen molar-refractivity contribution in [2.45, 2.75) is 59.7 Å². The number of halogens is 1. The zero-order valence-corrected chi connectivity index (χ0v) is 20.1. The molecule has 1 aromatic carbocycles. The monoisotopic (exact) mass is 465 g/mol. The Kier molecular flexibility index (Phi) is 7.66. The summed E-state index contributed by atoms with van der Waals surface area (Å²) in [6.45, 7) is 11.6. The van der Waals surface area contributed by atoms with Crippen molar-refractivity contribution in [2.24, 2.45) is 0 Å². The van der Waals surface area contributed by atoms with E-state index in [1.807, 2.05) is 0 Å². The number of hydrogen-bond acceptors (Lipinski definition) is 7. The highest BCUT2D eigenvalue weighted by Gasteiger charge is 2.37. The van der Waals surface area contributed by atoms with Crippen molar-refractivity contribution in [2.75, 3.05) is 11.5 Å². The van der Waals surface area contributed by atoms with Crippen molar-refractivity contribution in [3.8, 4) is 11.1 Å². The summed E-state index contributed by atoms with van der Waals surface area (Å²) in [5, 5.41) is 1.52. The standard InChI is InChI=1S/C23H28FNO6S/c1-8-29-19(26)17-16(14-10-9-11-15(24)12-14)13-32-18(17)25(20(27)30-22(2,3)4)21(28)31-23(5,6)7/h9-13H,8H2,1-7H3. The second-order valence-electron chi connectivity index (χ2n) is 8.86. The van der Waals surface area contributed by atoms with Crippen LogP contribution in [0.3, 0.4) is 0 Å². The molecule has 0 bridgehead atoms. The highest BCUT2D eigenvalue weighted by Crippen LogP contribution is 2.40. The number of imide groups is 1. The minimum atomic E-state index is -1.01. The van der Waals surface area contributed by atoms with Gasteiger partial charge in [0.15, 0.2) is 0 Å². The highest BCUT2D eigenvalue weighted by atomic mass is 32.1. The first-order chi connectivity index (χ1) is 14.7. The van der Waals surface area contributed by atoms with Crippen LogP contribution in [0.25, 0.3) is 11.1 Å². The zero-order valence-electron chi connectivity index (χ0n) is 19.3. The molecule has 0 unspecified atom stereocenters. The first-order valence-electron chi connectivity index (χ1n) is 10.0. The van der Waals surface area contributed by atoms with E-state index >= 15 is 0 Å². The lowest BCUT2D eigenvalue weighted by molar-refractivity contribution is 0.0432. The molecule has 0 radical (unpaired) electrons. The summed E-state index contributed by atoms with van der Waals surface area (Å²) < 4.78 is 29.8. The van der Waals surface area contributed by atoms with Crippen molar-refractivity contribution in [1.29, 1.82) is 0 Å². The summed E-state index contributed by atoms with van der Waals surface area (Å²) in [6.07, 6.45) is -2.02. The van der Waals surface area contributed by atoms with Crippen LogP contribution < -0.4 is 4.90 Å². The number of esters is 1. The second kappa shape index (κ2) is 9.68. The Bertz CT molecular complexity index is 975. The fourth-order valence-electron chi connectivity index (χ4n) is 2.64. The van der Waals surface area contributed by atoms with E-state index in [0.717, 1.165) is 11.3 Å². The van der Waals surface area contributed by atoms with Gasteiger partial charge in [-0.25, -0.2) is 18.8 Å². The van der Waals surface area contributed by atoms with Gasteiger partial charge in [-0.15, -0.1) is 11.3 Å². The third kappa shape index (κ3) is 6.53. The van der Waals surface area contributed by atoms with Gasteiger partial charge >= 0.3 is 18.2 Å². The van der Waals surface area contributed by atoms with E-state index in [-0.39, 0.29) is 17.2 Å². The third-order valence-electron chi connectivity index (χ3n) is 3.74. The van der Waals surface area contributed by atoms with Gasteiger partial charge in [0.05, 0.1) is 6.61 Å². The number of benzene rings is 1. The SMILES string of the molecule is CCOC(=O)c1c(-c2cccc(F)c2)csc1N(C(=O)OC(C)(C)C)C(=O)OC(C)(C)C. The Labute approximate surface area is 191 Å². The van der Waals surface area contributed by atoms with Gasteiger partial charge in [0.25, 0.3) is 0 Å². The Morgan fingerprint density at radius 3 is 2.03 bits per heavy atom. The Hall–Kier alpha value is -2.94. The van der Waals surface area contributed by atoms with Crippen LogP contribution in [0.15, 0.2) is 29.6 Å². The number of ether oxygens (including phenoxy) is 3. The smallest absolute Gasteiger partial charge is 0.425 e. The molecular formula is C23H28FNO6S.